The van der Waals surface area contributed by atoms with Gasteiger partial charge in [-0.15, -0.1) is 0 Å². The lowest BCUT2D eigenvalue weighted by molar-refractivity contribution is -0.124. The smallest absolute Gasteiger partial charge is 0.222 e. The lowest BCUT2D eigenvalue weighted by Crippen LogP contribution is -2.31. The van der Waals surface area contributed by atoms with Crippen molar-refractivity contribution in [2.24, 2.45) is 5.92 Å². The van der Waals surface area contributed by atoms with Crippen LogP contribution in [0.4, 0.5) is 0 Å². The molecule has 6 heteroatoms. The lowest BCUT2D eigenvalue weighted by atomic mass is 10.2. The third-order valence-corrected chi connectivity index (χ3v) is 2.08. The maximum Gasteiger partial charge on any atom is 0.222 e. The molecule has 0 aromatic heterocycles. The van der Waals surface area contributed by atoms with Gasteiger partial charge in [-0.3, -0.25) is 4.79 Å². The van der Waals surface area contributed by atoms with Crippen molar-refractivity contribution >= 4 is 23.6 Å². The van der Waals surface area contributed by atoms with Gasteiger partial charge in [0.15, 0.2) is 0 Å². The molecule has 1 amide bonds. The molecule has 0 aromatic carbocycles. The second kappa shape index (κ2) is 11.8. The molecule has 0 saturated carbocycles. The Kier molecular flexibility index (Phi) is 11.3. The van der Waals surface area contributed by atoms with Crippen molar-refractivity contribution in [3.63, 3.8) is 0 Å². The van der Waals surface area contributed by atoms with E-state index in [9.17, 15) is 4.79 Å². The van der Waals surface area contributed by atoms with Crippen LogP contribution in [0.3, 0.4) is 0 Å². The highest BCUT2D eigenvalue weighted by Crippen LogP contribution is 1.89. The Morgan fingerprint density at radius 1 is 1.18 bits per heavy atom. The number of amides is 1. The fraction of sp³-hybridized carbons (Fsp3) is 0.818. The summed E-state index contributed by atoms with van der Waals surface area (Å²) >= 11 is 4.59. The third-order valence-electron chi connectivity index (χ3n) is 1.92. The van der Waals surface area contributed by atoms with Crippen molar-refractivity contribution < 1.29 is 14.3 Å². The van der Waals surface area contributed by atoms with Gasteiger partial charge in [-0.1, -0.05) is 26.1 Å². The van der Waals surface area contributed by atoms with Crippen molar-refractivity contribution in [1.29, 1.82) is 0 Å². The number of hydrogen-bond acceptors (Lipinski definition) is 4. The largest absolute Gasteiger partial charge is 0.380 e. The van der Waals surface area contributed by atoms with Crippen LogP contribution < -0.4 is 10.6 Å². The summed E-state index contributed by atoms with van der Waals surface area (Å²) < 4.78 is 10.5. The average molecular weight is 262 g/mol. The summed E-state index contributed by atoms with van der Waals surface area (Å²) in [4.78, 5) is 11.2. The first-order valence-electron chi connectivity index (χ1n) is 5.78. The monoisotopic (exact) mass is 262 g/mol. The van der Waals surface area contributed by atoms with E-state index in [1.54, 1.807) is 0 Å². The van der Waals surface area contributed by atoms with Crippen LogP contribution in [0.25, 0.3) is 0 Å². The van der Waals surface area contributed by atoms with E-state index in [1.807, 2.05) is 13.8 Å². The maximum atomic E-state index is 11.2. The summed E-state index contributed by atoms with van der Waals surface area (Å²) in [5.41, 5.74) is 1.47. The van der Waals surface area contributed by atoms with Crippen LogP contribution in [0, 0.1) is 5.92 Å². The Balaban J connectivity index is 3.08. The van der Waals surface area contributed by atoms with Crippen LogP contribution in [-0.2, 0) is 14.3 Å². The van der Waals surface area contributed by atoms with E-state index in [-0.39, 0.29) is 11.8 Å². The van der Waals surface area contributed by atoms with Crippen LogP contribution in [0.5, 0.6) is 0 Å². The van der Waals surface area contributed by atoms with Gasteiger partial charge in [0, 0.05) is 19.0 Å². The predicted octanol–water partition coefficient (Wildman–Crippen LogP) is 0.339. The molecule has 0 aliphatic heterocycles. The zero-order valence-electron chi connectivity index (χ0n) is 10.5. The highest BCUT2D eigenvalue weighted by Gasteiger charge is 2.04. The predicted molar refractivity (Wildman–Crippen MR) is 71.1 cm³/mol. The number of hydrogen-bond donors (Lipinski definition) is 2. The zero-order chi connectivity index (χ0) is 12.9. The molecule has 0 saturated heterocycles. The normalized spacial score (nSPS) is 10.3. The molecular weight excluding hydrogens is 240 g/mol. The van der Waals surface area contributed by atoms with E-state index in [4.69, 9.17) is 9.47 Å². The Labute approximate surface area is 108 Å². The molecule has 0 rings (SSSR count). The number of nitrogens with one attached hydrogen (secondary N) is 2. The minimum atomic E-state index is 0.0204. The number of carbonyl (C=O) groups excluding carboxylic acids is 1. The Morgan fingerprint density at radius 3 is 2.29 bits per heavy atom. The van der Waals surface area contributed by atoms with Gasteiger partial charge in [0.25, 0.3) is 0 Å². The summed E-state index contributed by atoms with van der Waals surface area (Å²) in [5, 5.41) is 5.63. The fourth-order valence-electron chi connectivity index (χ4n) is 0.963. The summed E-state index contributed by atoms with van der Waals surface area (Å²) in [6.07, 6.45) is 0. The van der Waals surface area contributed by atoms with Gasteiger partial charge >= 0.3 is 0 Å². The Hall–Kier alpha value is -0.720. The second-order valence-electron chi connectivity index (χ2n) is 3.74. The van der Waals surface area contributed by atoms with Crippen molar-refractivity contribution in [2.45, 2.75) is 13.8 Å². The molecule has 17 heavy (non-hydrogen) atoms. The van der Waals surface area contributed by atoms with Crippen LogP contribution in [0.1, 0.15) is 13.8 Å². The number of carbonyl (C=O) groups is 1. The molecule has 2 N–H and O–H groups in total. The molecular formula is C11H22N2O3S. The summed E-state index contributed by atoms with van der Waals surface area (Å²) in [6.45, 7) is 7.20. The number of thiocarbonyl (C=S) groups is 1. The first-order valence-corrected chi connectivity index (χ1v) is 6.26. The first kappa shape index (κ1) is 16.3. The summed E-state index contributed by atoms with van der Waals surface area (Å²) in [5.74, 6) is 0.0723. The molecule has 0 aliphatic carbocycles. The van der Waals surface area contributed by atoms with Crippen LogP contribution in [0.15, 0.2) is 0 Å². The van der Waals surface area contributed by atoms with Crippen molar-refractivity contribution in [1.82, 2.24) is 10.6 Å². The van der Waals surface area contributed by atoms with Gasteiger partial charge in [0.05, 0.1) is 31.9 Å². The van der Waals surface area contributed by atoms with E-state index in [2.05, 4.69) is 22.9 Å². The fourth-order valence-corrected chi connectivity index (χ4v) is 1.08. The molecule has 0 fully saturated rings. The number of rotatable bonds is 11. The molecule has 0 unspecified atom stereocenters. The van der Waals surface area contributed by atoms with E-state index in [0.717, 1.165) is 0 Å². The van der Waals surface area contributed by atoms with Crippen LogP contribution in [0.2, 0.25) is 0 Å². The van der Waals surface area contributed by atoms with E-state index < -0.39 is 0 Å². The van der Waals surface area contributed by atoms with Gasteiger partial charge < -0.3 is 20.1 Å². The Bertz CT molecular complexity index is 213. The van der Waals surface area contributed by atoms with Crippen molar-refractivity contribution in [3.05, 3.63) is 0 Å². The molecule has 0 aliphatic rings. The minimum absolute atomic E-state index is 0.0204. The molecule has 0 spiro atoms. The van der Waals surface area contributed by atoms with E-state index >= 15 is 0 Å². The minimum Gasteiger partial charge on any atom is -0.380 e. The summed E-state index contributed by atoms with van der Waals surface area (Å²) in [7, 11) is 0. The molecule has 5 nitrogen and oxygen atoms in total. The quantitative estimate of drug-likeness (QED) is 0.415. The van der Waals surface area contributed by atoms with Gasteiger partial charge in [-0.25, -0.2) is 0 Å². The zero-order valence-corrected chi connectivity index (χ0v) is 11.3. The third kappa shape index (κ3) is 11.5. The molecule has 100 valence electrons. The van der Waals surface area contributed by atoms with Gasteiger partial charge in [-0.2, -0.15) is 0 Å². The molecule has 0 bridgehead atoms. The van der Waals surface area contributed by atoms with Crippen LogP contribution in [-0.4, -0.2) is 50.9 Å². The van der Waals surface area contributed by atoms with E-state index in [1.165, 1.54) is 5.49 Å². The molecule has 0 atom stereocenters. The van der Waals surface area contributed by atoms with Crippen molar-refractivity contribution in [3.8, 4) is 0 Å². The first-order chi connectivity index (χ1) is 8.18. The van der Waals surface area contributed by atoms with Gasteiger partial charge in [0.1, 0.15) is 0 Å². The second-order valence-corrected chi connectivity index (χ2v) is 3.98. The standard InChI is InChI=1S/C11H22N2O3S/c1-10(2)11(14)13-4-6-16-8-7-15-5-3-12-9-17/h9-10H,3-8H2,1-2H3,(H,12,17)(H,13,14). The van der Waals surface area contributed by atoms with Crippen LogP contribution >= 0.6 is 12.2 Å². The Morgan fingerprint density at radius 2 is 1.76 bits per heavy atom. The molecule has 0 radical (unpaired) electrons. The lowest BCUT2D eigenvalue weighted by Gasteiger charge is -2.08. The average Bonchev–Trinajstić information content (AvgIpc) is 2.31. The topological polar surface area (TPSA) is 59.6 Å². The van der Waals surface area contributed by atoms with Gasteiger partial charge in [0.2, 0.25) is 5.91 Å². The number of ether oxygens (including phenoxy) is 2. The molecule has 0 heterocycles. The van der Waals surface area contributed by atoms with E-state index in [0.29, 0.717) is 39.5 Å². The molecule has 0 aromatic rings. The highest BCUT2D eigenvalue weighted by atomic mass is 32.1. The summed E-state index contributed by atoms with van der Waals surface area (Å²) in [6, 6.07) is 0. The van der Waals surface area contributed by atoms with Gasteiger partial charge in [-0.05, 0) is 0 Å². The SMILES string of the molecule is CC(C)C(=O)NCCOCCOCCNC=S. The van der Waals surface area contributed by atoms with Crippen molar-refractivity contribution in [2.75, 3.05) is 39.5 Å². The maximum absolute atomic E-state index is 11.2. The highest BCUT2D eigenvalue weighted by molar-refractivity contribution is 7.78.